The number of hydrogen-bond donors (Lipinski definition) is 2. The van der Waals surface area contributed by atoms with Crippen LogP contribution >= 0.6 is 0 Å². The molecule has 2 aliphatic rings. The zero-order chi connectivity index (χ0) is 21.5. The van der Waals surface area contributed by atoms with E-state index in [0.717, 1.165) is 42.0 Å². The number of nitrogen functional groups attached to an aromatic ring is 1. The molecule has 30 heavy (non-hydrogen) atoms. The Morgan fingerprint density at radius 2 is 2.03 bits per heavy atom. The maximum atomic E-state index is 12.3. The molecule has 0 radical (unpaired) electrons. The Hall–Kier alpha value is -3.11. The van der Waals surface area contributed by atoms with Gasteiger partial charge in [-0.25, -0.2) is 4.98 Å². The maximum Gasteiger partial charge on any atom is 0.264 e. The lowest BCUT2D eigenvalue weighted by Crippen LogP contribution is -2.36. The van der Waals surface area contributed by atoms with Gasteiger partial charge in [-0.3, -0.25) is 4.79 Å². The van der Waals surface area contributed by atoms with Crippen molar-refractivity contribution < 1.29 is 9.90 Å². The molecule has 7 heteroatoms. The second-order valence-corrected chi connectivity index (χ2v) is 8.64. The van der Waals surface area contributed by atoms with E-state index >= 15 is 0 Å². The summed E-state index contributed by atoms with van der Waals surface area (Å²) >= 11 is 0. The van der Waals surface area contributed by atoms with Gasteiger partial charge in [-0.05, 0) is 37.5 Å². The molecule has 3 heterocycles. The third-order valence-electron chi connectivity index (χ3n) is 5.80. The summed E-state index contributed by atoms with van der Waals surface area (Å²) < 4.78 is 0. The minimum absolute atomic E-state index is 0.0708. The number of carbonyl (C=O) groups is 1. The van der Waals surface area contributed by atoms with E-state index in [2.05, 4.69) is 46.6 Å². The number of aliphatic hydroxyl groups is 1. The highest BCUT2D eigenvalue weighted by atomic mass is 16.3. The molecule has 1 atom stereocenters. The molecule has 4 rings (SSSR count). The second kappa shape index (κ2) is 7.62. The van der Waals surface area contributed by atoms with Crippen molar-refractivity contribution in [3.63, 3.8) is 0 Å². The molecule has 1 amide bonds. The highest BCUT2D eigenvalue weighted by Gasteiger charge is 2.37. The second-order valence-electron chi connectivity index (χ2n) is 8.64. The van der Waals surface area contributed by atoms with Gasteiger partial charge in [0.15, 0.2) is 6.10 Å². The molecular formula is C23H27N5O2. The van der Waals surface area contributed by atoms with E-state index in [1.807, 2.05) is 19.1 Å². The maximum absolute atomic E-state index is 12.3. The van der Waals surface area contributed by atoms with Crippen molar-refractivity contribution in [1.82, 2.24) is 14.9 Å². The van der Waals surface area contributed by atoms with E-state index in [1.54, 1.807) is 11.1 Å². The summed E-state index contributed by atoms with van der Waals surface area (Å²) in [5.74, 6) is 6.39. The summed E-state index contributed by atoms with van der Waals surface area (Å²) in [4.78, 5) is 24.6. The predicted octanol–water partition coefficient (Wildman–Crippen LogP) is 2.13. The first-order valence-electron chi connectivity index (χ1n) is 10.3. The Balaban J connectivity index is 1.65. The molecule has 2 aliphatic heterocycles. The predicted molar refractivity (Wildman–Crippen MR) is 116 cm³/mol. The number of fused-ring (bicyclic) bond motifs is 1. The Labute approximate surface area is 176 Å². The number of amides is 1. The molecule has 1 fully saturated rings. The third-order valence-corrected chi connectivity index (χ3v) is 5.80. The van der Waals surface area contributed by atoms with Gasteiger partial charge in [0.25, 0.3) is 5.91 Å². The topological polar surface area (TPSA) is 95.6 Å². The summed E-state index contributed by atoms with van der Waals surface area (Å²) in [6, 6.07) is 5.99. The van der Waals surface area contributed by atoms with Crippen LogP contribution in [0.2, 0.25) is 0 Å². The standard InChI is InChI=1S/C23H27N5O2/c1-15-13-25-22(24)26-20(15)28-14-23(2,3)17-8-6-16(12-18(17)28)7-9-19(29)21(30)27-10-4-5-11-27/h6,8,12-13,19,29H,4-5,10-11,14H2,1-3H3,(H2,24,25,26). The number of nitrogens with two attached hydrogens (primary N) is 1. The first-order valence-corrected chi connectivity index (χ1v) is 10.3. The van der Waals surface area contributed by atoms with Gasteiger partial charge in [0.2, 0.25) is 5.95 Å². The van der Waals surface area contributed by atoms with E-state index in [9.17, 15) is 9.90 Å². The molecule has 1 aromatic heterocycles. The number of benzene rings is 1. The van der Waals surface area contributed by atoms with E-state index in [-0.39, 0.29) is 17.3 Å². The first-order chi connectivity index (χ1) is 14.3. The molecule has 156 valence electrons. The van der Waals surface area contributed by atoms with Crippen molar-refractivity contribution >= 4 is 23.4 Å². The Morgan fingerprint density at radius 3 is 2.77 bits per heavy atom. The van der Waals surface area contributed by atoms with E-state index in [1.165, 1.54) is 5.56 Å². The first kappa shape index (κ1) is 20.2. The van der Waals surface area contributed by atoms with Crippen LogP contribution in [-0.2, 0) is 10.2 Å². The van der Waals surface area contributed by atoms with Crippen LogP contribution in [0.25, 0.3) is 0 Å². The number of carbonyl (C=O) groups excluding carboxylic acids is 1. The summed E-state index contributed by atoms with van der Waals surface area (Å²) in [5.41, 5.74) is 9.65. The molecule has 1 unspecified atom stereocenters. The molecule has 0 saturated carbocycles. The minimum Gasteiger partial charge on any atom is -0.372 e. The van der Waals surface area contributed by atoms with E-state index in [0.29, 0.717) is 13.1 Å². The van der Waals surface area contributed by atoms with Gasteiger partial charge in [0.1, 0.15) is 5.82 Å². The van der Waals surface area contributed by atoms with Crippen LogP contribution in [-0.4, -0.2) is 51.6 Å². The molecule has 1 saturated heterocycles. The number of anilines is 3. The van der Waals surface area contributed by atoms with Crippen LogP contribution in [0.4, 0.5) is 17.5 Å². The molecule has 3 N–H and O–H groups in total. The molecule has 0 aliphatic carbocycles. The monoisotopic (exact) mass is 405 g/mol. The fraction of sp³-hybridized carbons (Fsp3) is 0.435. The van der Waals surface area contributed by atoms with Crippen LogP contribution in [0.1, 0.15) is 43.4 Å². The average Bonchev–Trinajstić information content (AvgIpc) is 3.34. The zero-order valence-electron chi connectivity index (χ0n) is 17.6. The van der Waals surface area contributed by atoms with Gasteiger partial charge in [0, 0.05) is 48.1 Å². The van der Waals surface area contributed by atoms with Crippen molar-refractivity contribution in [3.05, 3.63) is 41.1 Å². The van der Waals surface area contributed by atoms with Gasteiger partial charge in [0.05, 0.1) is 0 Å². The lowest BCUT2D eigenvalue weighted by Gasteiger charge is -2.23. The quantitative estimate of drug-likeness (QED) is 0.743. The molecule has 2 aromatic rings. The molecule has 1 aromatic carbocycles. The zero-order valence-corrected chi connectivity index (χ0v) is 17.6. The van der Waals surface area contributed by atoms with Crippen molar-refractivity contribution in [1.29, 1.82) is 0 Å². The van der Waals surface area contributed by atoms with Crippen molar-refractivity contribution in [2.45, 2.75) is 45.1 Å². The SMILES string of the molecule is Cc1cnc(N)nc1N1CC(C)(C)c2ccc(C#CC(O)C(=O)N3CCCC3)cc21. The summed E-state index contributed by atoms with van der Waals surface area (Å²) in [5, 5.41) is 10.2. The summed E-state index contributed by atoms with van der Waals surface area (Å²) in [6.07, 6.45) is 2.39. The smallest absolute Gasteiger partial charge is 0.264 e. The Bertz CT molecular complexity index is 1050. The van der Waals surface area contributed by atoms with Crippen LogP contribution in [0.3, 0.4) is 0 Å². The normalized spacial score (nSPS) is 18.0. The van der Waals surface area contributed by atoms with Gasteiger partial charge >= 0.3 is 0 Å². The highest BCUT2D eigenvalue weighted by molar-refractivity contribution is 5.84. The third kappa shape index (κ3) is 3.71. The van der Waals surface area contributed by atoms with Crippen LogP contribution in [0.15, 0.2) is 24.4 Å². The highest BCUT2D eigenvalue weighted by Crippen LogP contribution is 2.44. The minimum atomic E-state index is -1.30. The van der Waals surface area contributed by atoms with Gasteiger partial charge < -0.3 is 20.6 Å². The molecule has 7 nitrogen and oxygen atoms in total. The van der Waals surface area contributed by atoms with Crippen molar-refractivity contribution in [2.24, 2.45) is 0 Å². The number of nitrogens with zero attached hydrogens (tertiary/aromatic N) is 4. The van der Waals surface area contributed by atoms with E-state index < -0.39 is 6.10 Å². The van der Waals surface area contributed by atoms with Gasteiger partial charge in [-0.15, -0.1) is 0 Å². The van der Waals surface area contributed by atoms with E-state index in [4.69, 9.17) is 5.73 Å². The number of aromatic nitrogens is 2. The number of aliphatic hydroxyl groups excluding tert-OH is 1. The average molecular weight is 406 g/mol. The van der Waals surface area contributed by atoms with Crippen LogP contribution in [0.5, 0.6) is 0 Å². The van der Waals surface area contributed by atoms with Crippen molar-refractivity contribution in [3.8, 4) is 11.8 Å². The summed E-state index contributed by atoms with van der Waals surface area (Å²) in [7, 11) is 0. The van der Waals surface area contributed by atoms with Crippen LogP contribution in [0, 0.1) is 18.8 Å². The molecule has 0 spiro atoms. The lowest BCUT2D eigenvalue weighted by molar-refractivity contribution is -0.136. The van der Waals surface area contributed by atoms with Gasteiger partial charge in [-0.2, -0.15) is 4.98 Å². The largest absolute Gasteiger partial charge is 0.372 e. The van der Waals surface area contributed by atoms with Crippen LogP contribution < -0.4 is 10.6 Å². The fourth-order valence-corrected chi connectivity index (χ4v) is 4.20. The number of hydrogen-bond acceptors (Lipinski definition) is 6. The lowest BCUT2D eigenvalue weighted by atomic mass is 9.86. The Morgan fingerprint density at radius 1 is 1.30 bits per heavy atom. The molecular weight excluding hydrogens is 378 g/mol. The number of likely N-dealkylation sites (tertiary alicyclic amines) is 1. The Kier molecular flexibility index (Phi) is 5.12. The molecule has 0 bridgehead atoms. The van der Waals surface area contributed by atoms with Crippen molar-refractivity contribution in [2.75, 3.05) is 30.3 Å². The van der Waals surface area contributed by atoms with Gasteiger partial charge in [-0.1, -0.05) is 31.8 Å². The number of rotatable bonds is 2. The number of aryl methyl sites for hydroxylation is 1. The fourth-order valence-electron chi connectivity index (χ4n) is 4.20. The summed E-state index contributed by atoms with van der Waals surface area (Å²) in [6.45, 7) is 8.49.